The molecule has 2 heterocycles. The number of aromatic nitrogens is 3. The lowest BCUT2D eigenvalue weighted by Gasteiger charge is -2.16. The predicted octanol–water partition coefficient (Wildman–Crippen LogP) is 15.2. The van der Waals surface area contributed by atoms with Crippen LogP contribution in [0, 0.1) is 0 Å². The molecule has 0 aliphatic rings. The van der Waals surface area contributed by atoms with Crippen LogP contribution in [-0.4, -0.2) is 15.0 Å². The van der Waals surface area contributed by atoms with Crippen LogP contribution >= 0.6 is 0 Å². The first-order valence-electron chi connectivity index (χ1n) is 20.6. The molecule has 10 aromatic carbocycles. The molecule has 0 unspecified atom stereocenters. The van der Waals surface area contributed by atoms with Crippen LogP contribution in [0.25, 0.3) is 122 Å². The van der Waals surface area contributed by atoms with E-state index < -0.39 is 0 Å². The number of furan rings is 1. The normalized spacial score (nSPS) is 11.6. The SMILES string of the molecule is c1ccc(-c2ccc(-c3ccc4cccc(-c5nc(-c6c(-c7ccc8ccccc8c7)ccc7ccccc67)nc(-c6cccc7c6oc6ccccc67)n5)c4c3)cc2)cc1. The van der Waals surface area contributed by atoms with E-state index in [2.05, 4.69) is 188 Å². The highest BCUT2D eigenvalue weighted by Crippen LogP contribution is 2.41. The molecule has 12 rings (SSSR count). The molecule has 284 valence electrons. The van der Waals surface area contributed by atoms with E-state index in [-0.39, 0.29) is 0 Å². The summed E-state index contributed by atoms with van der Waals surface area (Å²) in [5.41, 5.74) is 11.0. The van der Waals surface area contributed by atoms with Crippen molar-refractivity contribution in [3.8, 4) is 67.5 Å². The van der Waals surface area contributed by atoms with Crippen LogP contribution in [0.2, 0.25) is 0 Å². The van der Waals surface area contributed by atoms with Gasteiger partial charge in [0.1, 0.15) is 11.2 Å². The Bertz CT molecular complexity index is 3650. The summed E-state index contributed by atoms with van der Waals surface area (Å²) in [6.07, 6.45) is 0. The van der Waals surface area contributed by atoms with Gasteiger partial charge in [-0.15, -0.1) is 0 Å². The Kier molecular flexibility index (Phi) is 8.13. The Morgan fingerprint density at radius 3 is 1.67 bits per heavy atom. The lowest BCUT2D eigenvalue weighted by Crippen LogP contribution is -2.02. The van der Waals surface area contributed by atoms with Gasteiger partial charge >= 0.3 is 0 Å². The minimum absolute atomic E-state index is 0.548. The standard InChI is InChI=1S/C57H35N3O/c1-2-12-36(13-3-1)38-24-26-39(27-25-38)43-30-29-41-17-10-21-49(51(41)35-43)55-58-56(50-22-11-20-48-47-19-8-9-23-52(47)61-54(48)50)60-57(59-55)53-45-18-7-6-15-40(45)32-33-46(53)44-31-28-37-14-4-5-16-42(37)34-44/h1-35H. The third-order valence-corrected chi connectivity index (χ3v) is 11.9. The molecule has 0 bridgehead atoms. The van der Waals surface area contributed by atoms with Gasteiger partial charge in [-0.2, -0.15) is 0 Å². The van der Waals surface area contributed by atoms with Gasteiger partial charge < -0.3 is 4.42 Å². The van der Waals surface area contributed by atoms with Crippen molar-refractivity contribution in [2.24, 2.45) is 0 Å². The van der Waals surface area contributed by atoms with E-state index in [1.807, 2.05) is 24.3 Å². The fourth-order valence-electron chi connectivity index (χ4n) is 8.89. The van der Waals surface area contributed by atoms with Crippen LogP contribution in [0.1, 0.15) is 0 Å². The van der Waals surface area contributed by atoms with Crippen molar-refractivity contribution in [2.45, 2.75) is 0 Å². The Morgan fingerprint density at radius 2 is 0.820 bits per heavy atom. The van der Waals surface area contributed by atoms with Gasteiger partial charge in [-0.25, -0.2) is 15.0 Å². The van der Waals surface area contributed by atoms with Gasteiger partial charge in [0, 0.05) is 21.9 Å². The summed E-state index contributed by atoms with van der Waals surface area (Å²) in [5, 5.41) is 8.78. The van der Waals surface area contributed by atoms with Crippen LogP contribution in [0.3, 0.4) is 0 Å². The van der Waals surface area contributed by atoms with Crippen LogP contribution in [0.4, 0.5) is 0 Å². The van der Waals surface area contributed by atoms with Gasteiger partial charge in [0.05, 0.1) is 5.56 Å². The van der Waals surface area contributed by atoms with Gasteiger partial charge in [-0.1, -0.05) is 188 Å². The second kappa shape index (κ2) is 14.3. The molecule has 0 N–H and O–H groups in total. The maximum Gasteiger partial charge on any atom is 0.167 e. The fraction of sp³-hybridized carbons (Fsp3) is 0. The minimum Gasteiger partial charge on any atom is -0.455 e. The maximum absolute atomic E-state index is 6.60. The third kappa shape index (κ3) is 6.04. The van der Waals surface area contributed by atoms with E-state index in [1.54, 1.807) is 0 Å². The molecule has 61 heavy (non-hydrogen) atoms. The van der Waals surface area contributed by atoms with Crippen molar-refractivity contribution in [2.75, 3.05) is 0 Å². The molecular formula is C57H35N3O. The van der Waals surface area contributed by atoms with E-state index >= 15 is 0 Å². The lowest BCUT2D eigenvalue weighted by atomic mass is 9.92. The number of hydrogen-bond donors (Lipinski definition) is 0. The van der Waals surface area contributed by atoms with E-state index in [1.165, 1.54) is 21.9 Å². The average Bonchev–Trinajstić information content (AvgIpc) is 3.72. The van der Waals surface area contributed by atoms with E-state index in [4.69, 9.17) is 19.4 Å². The first-order valence-corrected chi connectivity index (χ1v) is 20.6. The molecule has 4 heteroatoms. The summed E-state index contributed by atoms with van der Waals surface area (Å²) in [5.74, 6) is 1.73. The molecule has 0 aliphatic carbocycles. The summed E-state index contributed by atoms with van der Waals surface area (Å²) in [6.45, 7) is 0. The van der Waals surface area contributed by atoms with E-state index in [0.717, 1.165) is 82.4 Å². The van der Waals surface area contributed by atoms with Crippen LogP contribution in [0.15, 0.2) is 217 Å². The molecule has 0 aliphatic heterocycles. The van der Waals surface area contributed by atoms with Crippen LogP contribution in [0.5, 0.6) is 0 Å². The minimum atomic E-state index is 0.548. The molecule has 0 saturated carbocycles. The van der Waals surface area contributed by atoms with Crippen molar-refractivity contribution in [3.05, 3.63) is 212 Å². The molecule has 0 radical (unpaired) electrons. The maximum atomic E-state index is 6.60. The Labute approximate surface area is 352 Å². The number of benzene rings is 10. The summed E-state index contributed by atoms with van der Waals surface area (Å²) >= 11 is 0. The molecule has 0 atom stereocenters. The number of nitrogens with zero attached hydrogens (tertiary/aromatic N) is 3. The van der Waals surface area contributed by atoms with Gasteiger partial charge in [-0.3, -0.25) is 0 Å². The molecule has 12 aromatic rings. The number of para-hydroxylation sites is 2. The summed E-state index contributed by atoms with van der Waals surface area (Å²) in [4.78, 5) is 16.2. The molecular weight excluding hydrogens is 743 g/mol. The molecule has 0 fully saturated rings. The second-order valence-corrected chi connectivity index (χ2v) is 15.5. The smallest absolute Gasteiger partial charge is 0.167 e. The fourth-order valence-corrected chi connectivity index (χ4v) is 8.89. The van der Waals surface area contributed by atoms with Crippen LogP contribution < -0.4 is 0 Å². The number of rotatable bonds is 6. The summed E-state index contributed by atoms with van der Waals surface area (Å²) in [7, 11) is 0. The number of fused-ring (bicyclic) bond motifs is 6. The van der Waals surface area contributed by atoms with Gasteiger partial charge in [-0.05, 0) is 90.0 Å². The highest BCUT2D eigenvalue weighted by Gasteiger charge is 2.22. The van der Waals surface area contributed by atoms with Crippen molar-refractivity contribution >= 4 is 54.3 Å². The Hall–Kier alpha value is -8.21. The quantitative estimate of drug-likeness (QED) is 0.169. The number of hydrogen-bond acceptors (Lipinski definition) is 4. The van der Waals surface area contributed by atoms with Crippen molar-refractivity contribution in [1.29, 1.82) is 0 Å². The van der Waals surface area contributed by atoms with Gasteiger partial charge in [0.25, 0.3) is 0 Å². The highest BCUT2D eigenvalue weighted by atomic mass is 16.3. The van der Waals surface area contributed by atoms with Crippen LogP contribution in [-0.2, 0) is 0 Å². The van der Waals surface area contributed by atoms with E-state index in [9.17, 15) is 0 Å². The zero-order valence-electron chi connectivity index (χ0n) is 33.0. The third-order valence-electron chi connectivity index (χ3n) is 11.9. The zero-order chi connectivity index (χ0) is 40.3. The van der Waals surface area contributed by atoms with E-state index in [0.29, 0.717) is 17.5 Å². The first kappa shape index (κ1) is 34.8. The monoisotopic (exact) mass is 777 g/mol. The molecule has 0 amide bonds. The Morgan fingerprint density at radius 1 is 0.279 bits per heavy atom. The molecule has 0 spiro atoms. The second-order valence-electron chi connectivity index (χ2n) is 15.5. The van der Waals surface area contributed by atoms with Gasteiger partial charge in [0.15, 0.2) is 17.5 Å². The highest BCUT2D eigenvalue weighted by molar-refractivity contribution is 6.10. The topological polar surface area (TPSA) is 51.8 Å². The molecule has 2 aromatic heterocycles. The predicted molar refractivity (Wildman–Crippen MR) is 252 cm³/mol. The van der Waals surface area contributed by atoms with Gasteiger partial charge in [0.2, 0.25) is 0 Å². The Balaban J connectivity index is 1.10. The average molecular weight is 778 g/mol. The van der Waals surface area contributed by atoms with Crippen molar-refractivity contribution < 1.29 is 4.42 Å². The zero-order valence-corrected chi connectivity index (χ0v) is 33.0. The lowest BCUT2D eigenvalue weighted by molar-refractivity contribution is 0.669. The largest absolute Gasteiger partial charge is 0.455 e. The van der Waals surface area contributed by atoms with Crippen molar-refractivity contribution in [3.63, 3.8) is 0 Å². The molecule has 0 saturated heterocycles. The first-order chi connectivity index (χ1) is 30.2. The van der Waals surface area contributed by atoms with Crippen molar-refractivity contribution in [1.82, 2.24) is 15.0 Å². The summed E-state index contributed by atoms with van der Waals surface area (Å²) in [6, 6.07) is 74.8. The summed E-state index contributed by atoms with van der Waals surface area (Å²) < 4.78 is 6.60. The molecule has 4 nitrogen and oxygen atoms in total.